The van der Waals surface area contributed by atoms with E-state index in [-0.39, 0.29) is 29.2 Å². The predicted molar refractivity (Wildman–Crippen MR) is 136 cm³/mol. The zero-order valence-corrected chi connectivity index (χ0v) is 21.8. The summed E-state index contributed by atoms with van der Waals surface area (Å²) < 4.78 is 12.9. The topological polar surface area (TPSA) is 137 Å². The highest BCUT2D eigenvalue weighted by molar-refractivity contribution is 8.00. The number of non-ortho nitro benzene ring substituents is 1. The molecule has 0 aliphatic carbocycles. The Kier molecular flexibility index (Phi) is 10.3. The van der Waals surface area contributed by atoms with Crippen molar-refractivity contribution in [2.75, 3.05) is 57.5 Å². The number of benzene rings is 1. The average Bonchev–Trinajstić information content (AvgIpc) is 3.20. The second kappa shape index (κ2) is 13.4. The number of aromatic nitrogens is 1. The van der Waals surface area contributed by atoms with Crippen molar-refractivity contribution in [1.82, 2.24) is 14.4 Å². The summed E-state index contributed by atoms with van der Waals surface area (Å²) >= 11 is 2.38. The monoisotopic (exact) mass is 539 g/mol. The third kappa shape index (κ3) is 7.27. The van der Waals surface area contributed by atoms with Crippen LogP contribution in [0.4, 0.5) is 10.5 Å². The van der Waals surface area contributed by atoms with Gasteiger partial charge in [0.25, 0.3) is 11.6 Å². The fraction of sp³-hybridized carbons (Fsp3) is 0.545. The Labute approximate surface area is 216 Å². The summed E-state index contributed by atoms with van der Waals surface area (Å²) in [6.45, 7) is 7.00. The molecule has 14 heteroatoms. The van der Waals surface area contributed by atoms with E-state index in [0.717, 1.165) is 5.52 Å². The third-order valence-electron chi connectivity index (χ3n) is 5.37. The number of hydrogen-bond acceptors (Lipinski definition) is 9. The Morgan fingerprint density at radius 2 is 1.83 bits per heavy atom. The molecule has 12 nitrogen and oxygen atoms in total. The number of nitro benzene ring substituents is 1. The second-order valence-corrected chi connectivity index (χ2v) is 9.70. The summed E-state index contributed by atoms with van der Waals surface area (Å²) in [6, 6.07) is 4.54. The number of thioether (sulfide) groups is 1. The number of thiazole rings is 1. The second-order valence-electron chi connectivity index (χ2n) is 7.71. The Morgan fingerprint density at radius 3 is 2.50 bits per heavy atom. The minimum atomic E-state index is -0.462. The lowest BCUT2D eigenvalue weighted by atomic mass is 10.3. The summed E-state index contributed by atoms with van der Waals surface area (Å²) in [7, 11) is 0. The molecule has 0 saturated carbocycles. The van der Waals surface area contributed by atoms with Gasteiger partial charge in [-0.3, -0.25) is 19.7 Å². The molecule has 1 aromatic heterocycles. The smallest absolute Gasteiger partial charge is 0.409 e. The highest BCUT2D eigenvalue weighted by Crippen LogP contribution is 2.23. The van der Waals surface area contributed by atoms with E-state index >= 15 is 0 Å². The van der Waals surface area contributed by atoms with Crippen LogP contribution in [0.15, 0.2) is 23.2 Å². The Balaban J connectivity index is 1.60. The molecule has 1 fully saturated rings. The van der Waals surface area contributed by atoms with Crippen molar-refractivity contribution >= 4 is 56.9 Å². The first kappa shape index (κ1) is 27.6. The van der Waals surface area contributed by atoms with Crippen LogP contribution in [0.25, 0.3) is 10.2 Å². The normalized spacial score (nSPS) is 14.3. The fourth-order valence-electron chi connectivity index (χ4n) is 3.59. The van der Waals surface area contributed by atoms with E-state index in [9.17, 15) is 24.5 Å². The van der Waals surface area contributed by atoms with Gasteiger partial charge in [0.05, 0.1) is 39.9 Å². The molecule has 2 heterocycles. The maximum atomic E-state index is 12.6. The van der Waals surface area contributed by atoms with Crippen LogP contribution >= 0.6 is 23.1 Å². The summed E-state index contributed by atoms with van der Waals surface area (Å²) in [4.78, 5) is 55.4. The van der Waals surface area contributed by atoms with Gasteiger partial charge in [-0.2, -0.15) is 4.99 Å². The lowest BCUT2D eigenvalue weighted by Gasteiger charge is -2.34. The van der Waals surface area contributed by atoms with Gasteiger partial charge in [-0.15, -0.1) is 11.8 Å². The van der Waals surface area contributed by atoms with Crippen LogP contribution in [-0.4, -0.2) is 94.7 Å². The van der Waals surface area contributed by atoms with Crippen molar-refractivity contribution in [3.63, 3.8) is 0 Å². The molecule has 1 aromatic carbocycles. The number of piperazine rings is 1. The van der Waals surface area contributed by atoms with Gasteiger partial charge in [-0.25, -0.2) is 4.79 Å². The molecule has 3 rings (SSSR count). The molecular formula is C22H29N5O7S2. The number of rotatable bonds is 10. The van der Waals surface area contributed by atoms with Crippen LogP contribution in [0.2, 0.25) is 0 Å². The number of nitrogens with zero attached hydrogens (tertiary/aromatic N) is 5. The van der Waals surface area contributed by atoms with Gasteiger partial charge in [-0.1, -0.05) is 11.3 Å². The zero-order valence-electron chi connectivity index (χ0n) is 20.2. The maximum absolute atomic E-state index is 12.6. The largest absolute Gasteiger partial charge is 0.450 e. The quantitative estimate of drug-likeness (QED) is 0.254. The Bertz CT molecular complexity index is 1170. The van der Waals surface area contributed by atoms with Gasteiger partial charge in [0.15, 0.2) is 4.80 Å². The lowest BCUT2D eigenvalue weighted by Crippen LogP contribution is -2.51. The standard InChI is InChI=1S/C22H29N5O7S2/c1-3-33-12-11-26-17-6-5-16(27(31)32)13-18(17)36-21(26)23-19(28)14-35-15-20(29)24-7-9-25(10-8-24)22(30)34-4-2/h5-6,13H,3-4,7-12,14-15H2,1-2H3. The number of hydrogen-bond donors (Lipinski definition) is 0. The van der Waals surface area contributed by atoms with Crippen LogP contribution in [0.1, 0.15) is 13.8 Å². The zero-order chi connectivity index (χ0) is 26.1. The highest BCUT2D eigenvalue weighted by atomic mass is 32.2. The summed E-state index contributed by atoms with van der Waals surface area (Å²) in [5.41, 5.74) is 0.706. The van der Waals surface area contributed by atoms with Crippen LogP contribution < -0.4 is 4.80 Å². The van der Waals surface area contributed by atoms with Gasteiger partial charge in [0.1, 0.15) is 0 Å². The molecule has 0 bridgehead atoms. The van der Waals surface area contributed by atoms with E-state index in [4.69, 9.17) is 9.47 Å². The van der Waals surface area contributed by atoms with Gasteiger partial charge in [0.2, 0.25) is 5.91 Å². The molecule has 0 atom stereocenters. The Hall–Kier alpha value is -2.97. The number of carbonyl (C=O) groups excluding carboxylic acids is 3. The van der Waals surface area contributed by atoms with Gasteiger partial charge >= 0.3 is 6.09 Å². The van der Waals surface area contributed by atoms with E-state index in [1.54, 1.807) is 22.8 Å². The lowest BCUT2D eigenvalue weighted by molar-refractivity contribution is -0.384. The summed E-state index contributed by atoms with van der Waals surface area (Å²) in [5, 5.41) is 11.1. The van der Waals surface area contributed by atoms with E-state index in [2.05, 4.69) is 4.99 Å². The molecule has 0 unspecified atom stereocenters. The van der Waals surface area contributed by atoms with Crippen molar-refractivity contribution in [2.24, 2.45) is 4.99 Å². The van der Waals surface area contributed by atoms with Crippen LogP contribution in [0, 0.1) is 10.1 Å². The van der Waals surface area contributed by atoms with Crippen molar-refractivity contribution in [1.29, 1.82) is 0 Å². The number of carbonyl (C=O) groups is 3. The molecule has 0 N–H and O–H groups in total. The van der Waals surface area contributed by atoms with E-state index in [0.29, 0.717) is 62.0 Å². The van der Waals surface area contributed by atoms with E-state index in [1.807, 2.05) is 11.5 Å². The highest BCUT2D eigenvalue weighted by Gasteiger charge is 2.24. The minimum absolute atomic E-state index is 0.0222. The van der Waals surface area contributed by atoms with Crippen molar-refractivity contribution in [3.05, 3.63) is 33.1 Å². The minimum Gasteiger partial charge on any atom is -0.450 e. The third-order valence-corrected chi connectivity index (χ3v) is 7.31. The SMILES string of the molecule is CCOCCn1c(=NC(=O)CSCC(=O)N2CCN(C(=O)OCC)CC2)sc2cc([N+](=O)[O-])ccc21. The molecular weight excluding hydrogens is 510 g/mol. The van der Waals surface area contributed by atoms with Crippen molar-refractivity contribution < 1.29 is 28.8 Å². The molecule has 3 amide bonds. The predicted octanol–water partition coefficient (Wildman–Crippen LogP) is 2.11. The maximum Gasteiger partial charge on any atom is 0.409 e. The van der Waals surface area contributed by atoms with Crippen molar-refractivity contribution in [2.45, 2.75) is 20.4 Å². The summed E-state index contributed by atoms with van der Waals surface area (Å²) in [6.07, 6.45) is -0.375. The number of amides is 3. The summed E-state index contributed by atoms with van der Waals surface area (Å²) in [5.74, 6) is -0.346. The first-order valence-electron chi connectivity index (χ1n) is 11.5. The van der Waals surface area contributed by atoms with Crippen LogP contribution in [0.5, 0.6) is 0 Å². The molecule has 1 aliphatic rings. The van der Waals surface area contributed by atoms with E-state index < -0.39 is 10.8 Å². The molecule has 1 aliphatic heterocycles. The van der Waals surface area contributed by atoms with Gasteiger partial charge in [0, 0.05) is 51.5 Å². The molecule has 0 radical (unpaired) electrons. The molecule has 2 aromatic rings. The van der Waals surface area contributed by atoms with Crippen LogP contribution in [-0.2, 0) is 25.6 Å². The molecule has 0 spiro atoms. The van der Waals surface area contributed by atoms with Gasteiger partial charge < -0.3 is 23.8 Å². The molecule has 36 heavy (non-hydrogen) atoms. The fourth-order valence-corrected chi connectivity index (χ4v) is 5.39. The Morgan fingerprint density at radius 1 is 1.11 bits per heavy atom. The van der Waals surface area contributed by atoms with Crippen molar-refractivity contribution in [3.8, 4) is 0 Å². The first-order chi connectivity index (χ1) is 17.3. The number of ether oxygens (including phenoxy) is 2. The number of fused-ring (bicyclic) bond motifs is 1. The molecule has 1 saturated heterocycles. The molecule has 196 valence electrons. The van der Waals surface area contributed by atoms with Gasteiger partial charge in [-0.05, 0) is 19.9 Å². The average molecular weight is 540 g/mol. The van der Waals surface area contributed by atoms with E-state index in [1.165, 1.54) is 35.2 Å². The van der Waals surface area contributed by atoms with Crippen LogP contribution in [0.3, 0.4) is 0 Å². The first-order valence-corrected chi connectivity index (χ1v) is 13.5. The number of nitro groups is 1.